The van der Waals surface area contributed by atoms with Gasteiger partial charge in [0.25, 0.3) is 5.69 Å². The van der Waals surface area contributed by atoms with Gasteiger partial charge in [0, 0.05) is 43.8 Å². The zero-order valence-electron chi connectivity index (χ0n) is 11.8. The molecule has 22 heavy (non-hydrogen) atoms. The average molecular weight is 346 g/mol. The van der Waals surface area contributed by atoms with Crippen molar-refractivity contribution >= 4 is 27.3 Å². The van der Waals surface area contributed by atoms with Crippen molar-refractivity contribution in [3.63, 3.8) is 0 Å². The van der Waals surface area contributed by atoms with Gasteiger partial charge < -0.3 is 0 Å². The second-order valence-electron chi connectivity index (χ2n) is 4.92. The standard InChI is InChI=1S/C13H16ClN3O4S/c1-11(14)10-15-6-8-16(9-7-15)22(20,21)13-5-3-2-4-12(13)17(18)19/h2-5H,1,6-10H2. The molecular weight excluding hydrogens is 330 g/mol. The van der Waals surface area contributed by atoms with E-state index in [0.29, 0.717) is 24.7 Å². The molecule has 0 atom stereocenters. The molecule has 1 aromatic rings. The van der Waals surface area contributed by atoms with E-state index in [-0.39, 0.29) is 18.0 Å². The van der Waals surface area contributed by atoms with Gasteiger partial charge in [-0.25, -0.2) is 8.42 Å². The largest absolute Gasteiger partial charge is 0.296 e. The lowest BCUT2D eigenvalue weighted by Crippen LogP contribution is -2.48. The van der Waals surface area contributed by atoms with E-state index in [1.807, 2.05) is 4.90 Å². The van der Waals surface area contributed by atoms with E-state index < -0.39 is 20.6 Å². The summed E-state index contributed by atoms with van der Waals surface area (Å²) >= 11 is 5.75. The maximum Gasteiger partial charge on any atom is 0.289 e. The third-order valence-corrected chi connectivity index (χ3v) is 5.47. The minimum atomic E-state index is -3.88. The Balaban J connectivity index is 2.19. The Morgan fingerprint density at radius 1 is 1.27 bits per heavy atom. The lowest BCUT2D eigenvalue weighted by atomic mass is 10.3. The summed E-state index contributed by atoms with van der Waals surface area (Å²) in [6, 6.07) is 5.38. The van der Waals surface area contributed by atoms with Gasteiger partial charge in [0.15, 0.2) is 4.90 Å². The van der Waals surface area contributed by atoms with E-state index in [1.165, 1.54) is 28.6 Å². The molecule has 9 heteroatoms. The van der Waals surface area contributed by atoms with Crippen molar-refractivity contribution in [3.8, 4) is 0 Å². The minimum absolute atomic E-state index is 0.262. The lowest BCUT2D eigenvalue weighted by molar-refractivity contribution is -0.387. The van der Waals surface area contributed by atoms with E-state index in [1.54, 1.807) is 0 Å². The van der Waals surface area contributed by atoms with Crippen LogP contribution >= 0.6 is 11.6 Å². The quantitative estimate of drug-likeness (QED) is 0.598. The van der Waals surface area contributed by atoms with Crippen LogP contribution < -0.4 is 0 Å². The van der Waals surface area contributed by atoms with Crippen LogP contribution in [0.25, 0.3) is 0 Å². The smallest absolute Gasteiger partial charge is 0.289 e. The van der Waals surface area contributed by atoms with Crippen molar-refractivity contribution in [2.24, 2.45) is 0 Å². The summed E-state index contributed by atoms with van der Waals surface area (Å²) in [5.74, 6) is 0. The number of hydrogen-bond donors (Lipinski definition) is 0. The molecular formula is C13H16ClN3O4S. The molecule has 7 nitrogen and oxygen atoms in total. The van der Waals surface area contributed by atoms with Crippen LogP contribution in [0.5, 0.6) is 0 Å². The molecule has 1 aliphatic heterocycles. The fraction of sp³-hybridized carbons (Fsp3) is 0.385. The van der Waals surface area contributed by atoms with Crippen molar-refractivity contribution in [1.82, 2.24) is 9.21 Å². The Bertz CT molecular complexity index is 684. The van der Waals surface area contributed by atoms with Crippen LogP contribution in [0.15, 0.2) is 40.8 Å². The number of para-hydroxylation sites is 1. The number of sulfonamides is 1. The summed E-state index contributed by atoms with van der Waals surface area (Å²) in [6.07, 6.45) is 0. The van der Waals surface area contributed by atoms with Crippen LogP contribution in [0.1, 0.15) is 0 Å². The highest BCUT2D eigenvalue weighted by molar-refractivity contribution is 7.89. The number of nitro groups is 1. The van der Waals surface area contributed by atoms with Crippen molar-refractivity contribution in [2.75, 3.05) is 32.7 Å². The van der Waals surface area contributed by atoms with Crippen molar-refractivity contribution < 1.29 is 13.3 Å². The predicted octanol–water partition coefficient (Wildman–Crippen LogP) is 1.65. The zero-order valence-corrected chi connectivity index (χ0v) is 13.4. The van der Waals surface area contributed by atoms with Gasteiger partial charge in [-0.15, -0.1) is 0 Å². The molecule has 0 unspecified atom stereocenters. The van der Waals surface area contributed by atoms with Gasteiger partial charge in [-0.2, -0.15) is 4.31 Å². The van der Waals surface area contributed by atoms with Gasteiger partial charge in [0.2, 0.25) is 10.0 Å². The molecule has 0 bridgehead atoms. The Morgan fingerprint density at radius 3 is 2.41 bits per heavy atom. The van der Waals surface area contributed by atoms with E-state index in [9.17, 15) is 18.5 Å². The first-order chi connectivity index (χ1) is 10.3. The summed E-state index contributed by atoms with van der Waals surface area (Å²) in [5, 5.41) is 11.5. The van der Waals surface area contributed by atoms with Crippen molar-refractivity contribution in [1.29, 1.82) is 0 Å². The first-order valence-corrected chi connectivity index (χ1v) is 8.43. The molecule has 0 amide bonds. The van der Waals surface area contributed by atoms with Gasteiger partial charge in [-0.3, -0.25) is 15.0 Å². The Labute approximate surface area is 134 Å². The first-order valence-electron chi connectivity index (χ1n) is 6.61. The monoisotopic (exact) mass is 345 g/mol. The molecule has 0 N–H and O–H groups in total. The number of nitro benzene ring substituents is 1. The van der Waals surface area contributed by atoms with Gasteiger partial charge in [-0.05, 0) is 6.07 Å². The van der Waals surface area contributed by atoms with Crippen LogP contribution in [0.2, 0.25) is 0 Å². The fourth-order valence-corrected chi connectivity index (χ4v) is 4.08. The predicted molar refractivity (Wildman–Crippen MR) is 83.3 cm³/mol. The lowest BCUT2D eigenvalue weighted by Gasteiger charge is -2.33. The van der Waals surface area contributed by atoms with Gasteiger partial charge in [0.1, 0.15) is 0 Å². The number of piperazine rings is 1. The highest BCUT2D eigenvalue weighted by Gasteiger charge is 2.33. The van der Waals surface area contributed by atoms with Crippen LogP contribution in [-0.2, 0) is 10.0 Å². The highest BCUT2D eigenvalue weighted by atomic mass is 35.5. The maximum atomic E-state index is 12.6. The fourth-order valence-electron chi connectivity index (χ4n) is 2.34. The molecule has 1 aromatic carbocycles. The average Bonchev–Trinajstić information content (AvgIpc) is 2.47. The molecule has 0 saturated carbocycles. The van der Waals surface area contributed by atoms with Crippen molar-refractivity contribution in [2.45, 2.75) is 4.90 Å². The van der Waals surface area contributed by atoms with E-state index in [4.69, 9.17) is 11.6 Å². The van der Waals surface area contributed by atoms with Crippen LogP contribution in [0, 0.1) is 10.1 Å². The summed E-state index contributed by atoms with van der Waals surface area (Å²) < 4.78 is 26.5. The third-order valence-electron chi connectivity index (χ3n) is 3.41. The number of halogens is 1. The Hall–Kier alpha value is -1.48. The second-order valence-corrected chi connectivity index (χ2v) is 7.36. The molecule has 0 spiro atoms. The summed E-state index contributed by atoms with van der Waals surface area (Å²) in [7, 11) is -3.88. The third kappa shape index (κ3) is 3.64. The molecule has 0 aliphatic carbocycles. The number of benzene rings is 1. The van der Waals surface area contributed by atoms with E-state index >= 15 is 0 Å². The summed E-state index contributed by atoms with van der Waals surface area (Å²) in [6.45, 7) is 5.65. The van der Waals surface area contributed by atoms with Gasteiger partial charge >= 0.3 is 0 Å². The topological polar surface area (TPSA) is 83.8 Å². The normalized spacial score (nSPS) is 17.3. The van der Waals surface area contributed by atoms with Gasteiger partial charge in [0.05, 0.1) is 4.92 Å². The molecule has 1 aliphatic rings. The summed E-state index contributed by atoms with van der Waals surface area (Å²) in [5.41, 5.74) is -0.404. The molecule has 0 aromatic heterocycles. The first kappa shape index (κ1) is 16.9. The Morgan fingerprint density at radius 2 is 1.86 bits per heavy atom. The van der Waals surface area contributed by atoms with E-state index in [0.717, 1.165) is 0 Å². The van der Waals surface area contributed by atoms with Crippen LogP contribution in [-0.4, -0.2) is 55.3 Å². The molecule has 1 fully saturated rings. The second kappa shape index (κ2) is 6.74. The number of nitrogens with zero attached hydrogens (tertiary/aromatic N) is 3. The highest BCUT2D eigenvalue weighted by Crippen LogP contribution is 2.26. The number of hydrogen-bond acceptors (Lipinski definition) is 5. The zero-order chi connectivity index (χ0) is 16.3. The van der Waals surface area contributed by atoms with Crippen LogP contribution in [0.3, 0.4) is 0 Å². The molecule has 1 saturated heterocycles. The molecule has 120 valence electrons. The molecule has 1 heterocycles. The van der Waals surface area contributed by atoms with Crippen LogP contribution in [0.4, 0.5) is 5.69 Å². The van der Waals surface area contributed by atoms with Crippen molar-refractivity contribution in [3.05, 3.63) is 46.0 Å². The number of rotatable bonds is 5. The summed E-state index contributed by atoms with van der Waals surface area (Å²) in [4.78, 5) is 12.1. The van der Waals surface area contributed by atoms with E-state index in [2.05, 4.69) is 6.58 Å². The SMILES string of the molecule is C=C(Cl)CN1CCN(S(=O)(=O)c2ccccc2[N+](=O)[O-])CC1. The van der Waals surface area contributed by atoms with Gasteiger partial charge in [-0.1, -0.05) is 30.3 Å². The molecule has 0 radical (unpaired) electrons. The Kier molecular flexibility index (Phi) is 5.17. The molecule has 2 rings (SSSR count). The minimum Gasteiger partial charge on any atom is -0.296 e. The maximum absolute atomic E-state index is 12.6.